The fourth-order valence-electron chi connectivity index (χ4n) is 3.64. The summed E-state index contributed by atoms with van der Waals surface area (Å²) in [5.41, 5.74) is -0.148. The summed E-state index contributed by atoms with van der Waals surface area (Å²) in [4.78, 5) is 3.23. The van der Waals surface area contributed by atoms with E-state index in [-0.39, 0.29) is 75.9 Å². The molecule has 0 fully saturated rings. The molecule has 3 aromatic rings. The number of azo groups is 2. The smallest absolute Gasteiger partial charge is 0.296 e. The molecule has 0 saturated carbocycles. The number of rotatable bonds is 18. The number of hydrogen-bond donors (Lipinski definition) is 5. The minimum absolute atomic E-state index is 0.00353. The van der Waals surface area contributed by atoms with Gasteiger partial charge in [0, 0.05) is 24.1 Å². The molecule has 3 rings (SSSR count). The van der Waals surface area contributed by atoms with Crippen molar-refractivity contribution in [2.24, 2.45) is 20.5 Å². The van der Waals surface area contributed by atoms with Crippen LogP contribution in [0.3, 0.4) is 0 Å². The van der Waals surface area contributed by atoms with Crippen LogP contribution in [-0.4, -0.2) is 70.0 Å². The van der Waals surface area contributed by atoms with E-state index in [2.05, 4.69) is 52.0 Å². The Bertz CT molecular complexity index is 2100. The highest BCUT2D eigenvalue weighted by atomic mass is 32.2. The number of nitrogens with zero attached hydrogens (tertiary/aromatic N) is 6. The van der Waals surface area contributed by atoms with E-state index in [1.807, 2.05) is 6.07 Å². The van der Waals surface area contributed by atoms with E-state index in [4.69, 9.17) is 14.0 Å². The molecule has 0 bridgehead atoms. The molecule has 24 heteroatoms. The molecule has 0 aliphatic carbocycles. The summed E-state index contributed by atoms with van der Waals surface area (Å²) in [7, 11) is -13.0. The molecule has 20 nitrogen and oxygen atoms in total. The van der Waals surface area contributed by atoms with Crippen LogP contribution in [0.2, 0.25) is 0 Å². The summed E-state index contributed by atoms with van der Waals surface area (Å²) >= 11 is 0.333. The molecular formula is C25H26N8O12S4. The molecule has 0 aliphatic heterocycles. The molecule has 1 aromatic heterocycles. The molecule has 0 aliphatic rings. The first-order chi connectivity index (χ1) is 23.1. The molecule has 2 aromatic carbocycles. The second-order valence-corrected chi connectivity index (χ2v) is 14.6. The van der Waals surface area contributed by atoms with Crippen molar-refractivity contribution < 1.29 is 53.2 Å². The van der Waals surface area contributed by atoms with Gasteiger partial charge in [-0.3, -0.25) is 13.3 Å². The molecule has 0 radical (unpaired) electrons. The summed E-state index contributed by atoms with van der Waals surface area (Å²) in [5.74, 6) is -0.391. The van der Waals surface area contributed by atoms with Crippen molar-refractivity contribution in [2.75, 3.05) is 36.1 Å². The van der Waals surface area contributed by atoms with E-state index in [1.54, 1.807) is 0 Å². The second-order valence-electron chi connectivity index (χ2n) is 9.19. The SMILES string of the molecule is C=CS(=O)(=O)CCNc1nc(NCCOSOOO)c(C#N)c(C)c1N=Nc1ccc(N=Nc2ccc(S(=O)(=O)O)cc2)cc1S(=O)(=O)O. The number of benzene rings is 2. The number of anilines is 2. The molecule has 0 saturated heterocycles. The lowest BCUT2D eigenvalue weighted by Crippen LogP contribution is -2.16. The maximum atomic E-state index is 12.3. The van der Waals surface area contributed by atoms with Gasteiger partial charge in [-0.25, -0.2) is 18.7 Å². The Morgan fingerprint density at radius 2 is 1.59 bits per heavy atom. The third-order valence-electron chi connectivity index (χ3n) is 5.94. The summed E-state index contributed by atoms with van der Waals surface area (Å²) in [6, 6.07) is 9.98. The van der Waals surface area contributed by atoms with Crippen molar-refractivity contribution in [3.63, 3.8) is 0 Å². The lowest BCUT2D eigenvalue weighted by Gasteiger charge is -2.15. The van der Waals surface area contributed by atoms with Crippen LogP contribution in [0, 0.1) is 18.3 Å². The van der Waals surface area contributed by atoms with Crippen LogP contribution in [0.5, 0.6) is 0 Å². The molecule has 1 heterocycles. The Hall–Kier alpha value is -4.42. The minimum Gasteiger partial charge on any atom is -0.367 e. The van der Waals surface area contributed by atoms with Crippen LogP contribution in [0.4, 0.5) is 34.4 Å². The monoisotopic (exact) mass is 758 g/mol. The van der Waals surface area contributed by atoms with E-state index in [0.717, 1.165) is 29.7 Å². The normalized spacial score (nSPS) is 12.3. The van der Waals surface area contributed by atoms with E-state index in [9.17, 15) is 35.1 Å². The first-order valence-corrected chi connectivity index (χ1v) is 18.4. The number of nitriles is 1. The average molecular weight is 759 g/mol. The van der Waals surface area contributed by atoms with Gasteiger partial charge in [0.25, 0.3) is 20.2 Å². The van der Waals surface area contributed by atoms with Crippen molar-refractivity contribution >= 4 is 76.8 Å². The second kappa shape index (κ2) is 17.3. The van der Waals surface area contributed by atoms with Crippen molar-refractivity contribution in [3.05, 3.63) is 65.6 Å². The molecule has 0 amide bonds. The van der Waals surface area contributed by atoms with E-state index in [1.165, 1.54) is 25.1 Å². The van der Waals surface area contributed by atoms with Crippen LogP contribution in [0.15, 0.2) is 84.7 Å². The van der Waals surface area contributed by atoms with Crippen LogP contribution in [0.25, 0.3) is 0 Å². The van der Waals surface area contributed by atoms with Gasteiger partial charge in [-0.15, -0.1) is 14.6 Å². The number of nitrogens with one attached hydrogen (secondary N) is 2. The minimum atomic E-state index is -4.92. The number of aromatic nitrogens is 1. The Kier molecular flexibility index (Phi) is 13.8. The Balaban J connectivity index is 1.99. The lowest BCUT2D eigenvalue weighted by atomic mass is 10.1. The Labute approximate surface area is 284 Å². The molecule has 262 valence electrons. The average Bonchev–Trinajstić information content (AvgIpc) is 3.04. The third-order valence-corrected chi connectivity index (χ3v) is 9.35. The zero-order valence-corrected chi connectivity index (χ0v) is 28.3. The first kappa shape index (κ1) is 39.0. The van der Waals surface area contributed by atoms with Gasteiger partial charge in [0.05, 0.1) is 34.2 Å². The summed E-state index contributed by atoms with van der Waals surface area (Å²) in [5, 5.41) is 43.6. The largest absolute Gasteiger partial charge is 0.367 e. The van der Waals surface area contributed by atoms with E-state index >= 15 is 0 Å². The quantitative estimate of drug-likeness (QED) is 0.0285. The highest BCUT2D eigenvalue weighted by Crippen LogP contribution is 2.37. The zero-order valence-electron chi connectivity index (χ0n) is 25.0. The fraction of sp³-hybridized carbons (Fsp3) is 0.200. The van der Waals surface area contributed by atoms with Gasteiger partial charge < -0.3 is 10.6 Å². The molecular weight excluding hydrogens is 733 g/mol. The topological polar surface area (TPSA) is 301 Å². The van der Waals surface area contributed by atoms with Crippen LogP contribution in [-0.2, 0) is 43.6 Å². The van der Waals surface area contributed by atoms with Gasteiger partial charge in [0.2, 0.25) is 0 Å². The van der Waals surface area contributed by atoms with Gasteiger partial charge in [0.1, 0.15) is 28.2 Å². The van der Waals surface area contributed by atoms with Gasteiger partial charge in [-0.05, 0) is 49.4 Å². The summed E-state index contributed by atoms with van der Waals surface area (Å²) < 4.78 is 98.9. The van der Waals surface area contributed by atoms with Crippen LogP contribution >= 0.6 is 12.3 Å². The number of sulfone groups is 1. The number of hydrogen-bond acceptors (Lipinski definition) is 19. The molecule has 5 N–H and O–H groups in total. The van der Waals surface area contributed by atoms with Crippen LogP contribution in [0.1, 0.15) is 11.1 Å². The molecule has 49 heavy (non-hydrogen) atoms. The van der Waals surface area contributed by atoms with Crippen molar-refractivity contribution in [1.29, 1.82) is 5.26 Å². The predicted octanol–water partition coefficient (Wildman–Crippen LogP) is 4.97. The summed E-state index contributed by atoms with van der Waals surface area (Å²) in [6.07, 6.45) is 0. The van der Waals surface area contributed by atoms with Crippen LogP contribution < -0.4 is 10.6 Å². The maximum absolute atomic E-state index is 12.3. The molecule has 0 atom stereocenters. The fourth-order valence-corrected chi connectivity index (χ4v) is 5.53. The molecule has 0 spiro atoms. The number of pyridine rings is 1. The van der Waals surface area contributed by atoms with E-state index < -0.39 is 35.0 Å². The lowest BCUT2D eigenvalue weighted by molar-refractivity contribution is -0.434. The van der Waals surface area contributed by atoms with Crippen molar-refractivity contribution in [2.45, 2.75) is 16.7 Å². The zero-order chi connectivity index (χ0) is 36.2. The Morgan fingerprint density at radius 1 is 0.939 bits per heavy atom. The van der Waals surface area contributed by atoms with Gasteiger partial charge in [-0.2, -0.15) is 32.3 Å². The molecule has 0 unspecified atom stereocenters. The van der Waals surface area contributed by atoms with E-state index in [0.29, 0.717) is 12.3 Å². The standard InChI is InChI=1S/C25H26N8O12S4/c1-3-47(35,36)13-11-28-25-23(16(2)20(15-26)24(29-25)27-10-12-43-46-45-44-34)33-32-21-9-6-18(14-22(21)49(40,41)42)31-30-17-4-7-19(8-5-17)48(37,38)39/h3-9,14,34H,1,10-13H2,2H3,(H2,27,28,29)(H,37,38,39)(H,40,41,42). The predicted molar refractivity (Wildman–Crippen MR) is 174 cm³/mol. The van der Waals surface area contributed by atoms with Gasteiger partial charge >= 0.3 is 0 Å². The van der Waals surface area contributed by atoms with Crippen molar-refractivity contribution in [3.8, 4) is 6.07 Å². The Morgan fingerprint density at radius 3 is 2.20 bits per heavy atom. The highest BCUT2D eigenvalue weighted by Gasteiger charge is 2.20. The van der Waals surface area contributed by atoms with Gasteiger partial charge in [-0.1, -0.05) is 11.6 Å². The first-order valence-electron chi connectivity index (χ1n) is 13.2. The maximum Gasteiger partial charge on any atom is 0.296 e. The highest BCUT2D eigenvalue weighted by molar-refractivity contribution is 7.94. The van der Waals surface area contributed by atoms with Crippen molar-refractivity contribution in [1.82, 2.24) is 4.98 Å². The summed E-state index contributed by atoms with van der Waals surface area (Å²) in [6.45, 7) is 4.62. The van der Waals surface area contributed by atoms with Gasteiger partial charge in [0.15, 0.2) is 28.0 Å². The third kappa shape index (κ3) is 11.6.